The summed E-state index contributed by atoms with van der Waals surface area (Å²) < 4.78 is 39.5. The van der Waals surface area contributed by atoms with Gasteiger partial charge in [-0.05, 0) is 31.0 Å². The van der Waals surface area contributed by atoms with Crippen LogP contribution in [0, 0.1) is 0 Å². The molecule has 0 aromatic heterocycles. The largest absolute Gasteiger partial charge is 0.479 e. The molecule has 1 aliphatic rings. The topological polar surface area (TPSA) is 86.7 Å². The molecule has 0 radical (unpaired) electrons. The minimum atomic E-state index is -4.72. The molecule has 0 spiro atoms. The molecular weight excluding hydrogens is 365 g/mol. The van der Waals surface area contributed by atoms with Crippen LogP contribution < -0.4 is 5.32 Å². The van der Waals surface area contributed by atoms with E-state index in [-0.39, 0.29) is 24.1 Å². The molecule has 1 aliphatic carbocycles. The zero-order chi connectivity index (χ0) is 20.4. The molecule has 27 heavy (non-hydrogen) atoms. The van der Waals surface area contributed by atoms with E-state index in [1.165, 1.54) is 7.05 Å². The monoisotopic (exact) mass is 386 g/mol. The van der Waals surface area contributed by atoms with Crippen LogP contribution in [0.4, 0.5) is 18.9 Å². The Balaban J connectivity index is 2.47. The number of carboxylic acid groups (broad SMARTS) is 1. The van der Waals surface area contributed by atoms with Crippen molar-refractivity contribution < 1.29 is 32.7 Å². The van der Waals surface area contributed by atoms with Gasteiger partial charge in [0, 0.05) is 25.2 Å². The summed E-state index contributed by atoms with van der Waals surface area (Å²) in [5.41, 5.74) is -3.06. The molecule has 1 fully saturated rings. The fraction of sp³-hybridized carbons (Fsp3) is 0.500. The zero-order valence-electron chi connectivity index (χ0n) is 15.0. The number of hydrogen-bond acceptors (Lipinski definition) is 3. The number of benzene rings is 1. The number of carbonyl (C=O) groups is 3. The SMILES string of the molecule is CC(=O)Nc1cc(C(=O)N(C)C2(C(=O)O)CCCCC2)cc(C(F)(F)F)c1. The van der Waals surface area contributed by atoms with Crippen molar-refractivity contribution in [3.8, 4) is 0 Å². The lowest BCUT2D eigenvalue weighted by Crippen LogP contribution is -2.56. The first-order valence-corrected chi connectivity index (χ1v) is 8.49. The molecule has 0 heterocycles. The van der Waals surface area contributed by atoms with Gasteiger partial charge in [0.2, 0.25) is 5.91 Å². The van der Waals surface area contributed by atoms with Crippen LogP contribution in [0.25, 0.3) is 0 Å². The second kappa shape index (κ2) is 7.58. The molecule has 2 rings (SSSR count). The van der Waals surface area contributed by atoms with Gasteiger partial charge in [-0.15, -0.1) is 0 Å². The number of amides is 2. The number of aliphatic carboxylic acids is 1. The Morgan fingerprint density at radius 2 is 1.70 bits per heavy atom. The number of likely N-dealkylation sites (N-methyl/N-ethyl adjacent to an activating group) is 1. The van der Waals surface area contributed by atoms with Gasteiger partial charge in [0.15, 0.2) is 0 Å². The Morgan fingerprint density at radius 1 is 1.11 bits per heavy atom. The van der Waals surface area contributed by atoms with E-state index in [1.807, 2.05) is 0 Å². The van der Waals surface area contributed by atoms with Gasteiger partial charge in [-0.3, -0.25) is 9.59 Å². The summed E-state index contributed by atoms with van der Waals surface area (Å²) in [7, 11) is 1.29. The van der Waals surface area contributed by atoms with Crippen LogP contribution in [-0.4, -0.2) is 40.4 Å². The number of halogens is 3. The molecule has 6 nitrogen and oxygen atoms in total. The average Bonchev–Trinajstić information content (AvgIpc) is 2.59. The number of carbonyl (C=O) groups excluding carboxylic acids is 2. The Hall–Kier alpha value is -2.58. The lowest BCUT2D eigenvalue weighted by atomic mass is 9.80. The third-order valence-corrected chi connectivity index (χ3v) is 4.85. The fourth-order valence-corrected chi connectivity index (χ4v) is 3.41. The lowest BCUT2D eigenvalue weighted by Gasteiger charge is -2.41. The predicted molar refractivity (Wildman–Crippen MR) is 91.3 cm³/mol. The van der Waals surface area contributed by atoms with E-state index in [1.54, 1.807) is 0 Å². The van der Waals surface area contributed by atoms with Crippen LogP contribution >= 0.6 is 0 Å². The highest BCUT2D eigenvalue weighted by Gasteiger charge is 2.46. The molecule has 0 saturated heterocycles. The number of hydrogen-bond donors (Lipinski definition) is 2. The van der Waals surface area contributed by atoms with Crippen LogP contribution in [0.2, 0.25) is 0 Å². The zero-order valence-corrected chi connectivity index (χ0v) is 15.0. The molecule has 0 atom stereocenters. The highest BCUT2D eigenvalue weighted by Crippen LogP contribution is 2.36. The van der Waals surface area contributed by atoms with E-state index in [0.29, 0.717) is 18.9 Å². The smallest absolute Gasteiger partial charge is 0.416 e. The summed E-state index contributed by atoms with van der Waals surface area (Å²) >= 11 is 0. The Morgan fingerprint density at radius 3 is 2.19 bits per heavy atom. The summed E-state index contributed by atoms with van der Waals surface area (Å²) in [6.45, 7) is 1.13. The number of anilines is 1. The molecule has 0 unspecified atom stereocenters. The van der Waals surface area contributed by atoms with Crippen molar-refractivity contribution in [1.29, 1.82) is 0 Å². The summed E-state index contributed by atoms with van der Waals surface area (Å²) in [5, 5.41) is 11.9. The Kier molecular flexibility index (Phi) is 5.82. The van der Waals surface area contributed by atoms with E-state index < -0.39 is 35.1 Å². The molecular formula is C18H21F3N2O4. The maximum Gasteiger partial charge on any atom is 0.416 e. The number of nitrogens with zero attached hydrogens (tertiary/aromatic N) is 1. The van der Waals surface area contributed by atoms with Crippen LogP contribution in [0.3, 0.4) is 0 Å². The van der Waals surface area contributed by atoms with Gasteiger partial charge in [-0.2, -0.15) is 13.2 Å². The van der Waals surface area contributed by atoms with E-state index in [0.717, 1.165) is 30.4 Å². The van der Waals surface area contributed by atoms with Crippen molar-refractivity contribution in [2.24, 2.45) is 0 Å². The van der Waals surface area contributed by atoms with Crippen LogP contribution in [0.1, 0.15) is 54.9 Å². The normalized spacial score (nSPS) is 16.5. The highest BCUT2D eigenvalue weighted by atomic mass is 19.4. The van der Waals surface area contributed by atoms with Gasteiger partial charge in [-0.1, -0.05) is 19.3 Å². The molecule has 0 aliphatic heterocycles. The van der Waals surface area contributed by atoms with Gasteiger partial charge < -0.3 is 15.3 Å². The first-order valence-electron chi connectivity index (χ1n) is 8.49. The van der Waals surface area contributed by atoms with Gasteiger partial charge in [0.1, 0.15) is 5.54 Å². The fourth-order valence-electron chi connectivity index (χ4n) is 3.41. The highest BCUT2D eigenvalue weighted by molar-refractivity contribution is 5.99. The Labute approximate surface area is 154 Å². The minimum absolute atomic E-state index is 0.179. The van der Waals surface area contributed by atoms with Gasteiger partial charge in [0.25, 0.3) is 5.91 Å². The van der Waals surface area contributed by atoms with Crippen molar-refractivity contribution in [2.45, 2.75) is 50.7 Å². The summed E-state index contributed by atoms with van der Waals surface area (Å²) in [6, 6.07) is 2.52. The second-order valence-corrected chi connectivity index (χ2v) is 6.74. The van der Waals surface area contributed by atoms with Crippen molar-refractivity contribution in [3.05, 3.63) is 29.3 Å². The van der Waals surface area contributed by atoms with E-state index in [2.05, 4.69) is 5.32 Å². The van der Waals surface area contributed by atoms with E-state index >= 15 is 0 Å². The van der Waals surface area contributed by atoms with Crippen LogP contribution in [0.5, 0.6) is 0 Å². The maximum absolute atomic E-state index is 13.2. The van der Waals surface area contributed by atoms with Crippen LogP contribution in [0.15, 0.2) is 18.2 Å². The first kappa shape index (κ1) is 20.7. The van der Waals surface area contributed by atoms with Crippen molar-refractivity contribution in [3.63, 3.8) is 0 Å². The van der Waals surface area contributed by atoms with Gasteiger partial charge in [-0.25, -0.2) is 4.79 Å². The molecule has 1 aromatic rings. The van der Waals surface area contributed by atoms with Gasteiger partial charge >= 0.3 is 12.1 Å². The average molecular weight is 386 g/mol. The molecule has 1 saturated carbocycles. The summed E-state index contributed by atoms with van der Waals surface area (Å²) in [4.78, 5) is 36.9. The van der Waals surface area contributed by atoms with Crippen LogP contribution in [-0.2, 0) is 15.8 Å². The van der Waals surface area contributed by atoms with E-state index in [9.17, 15) is 32.7 Å². The quantitative estimate of drug-likeness (QED) is 0.829. The van der Waals surface area contributed by atoms with Crippen molar-refractivity contribution in [2.75, 3.05) is 12.4 Å². The summed E-state index contributed by atoms with van der Waals surface area (Å²) in [6.07, 6.45) is -2.18. The maximum atomic E-state index is 13.2. The first-order chi connectivity index (χ1) is 12.5. The van der Waals surface area contributed by atoms with Crippen molar-refractivity contribution >= 4 is 23.5 Å². The van der Waals surface area contributed by atoms with Gasteiger partial charge in [0.05, 0.1) is 5.56 Å². The predicted octanol–water partition coefficient (Wildman–Crippen LogP) is 3.52. The minimum Gasteiger partial charge on any atom is -0.479 e. The van der Waals surface area contributed by atoms with Crippen molar-refractivity contribution in [1.82, 2.24) is 4.90 Å². The molecule has 1 aromatic carbocycles. The summed E-state index contributed by atoms with van der Waals surface area (Å²) in [5.74, 6) is -2.60. The standard InChI is InChI=1S/C18H21F3N2O4/c1-11(24)22-14-9-12(8-13(10-14)18(19,20)21)15(25)23(2)17(16(26)27)6-4-3-5-7-17/h8-10H,3-7H2,1-2H3,(H,22,24)(H,26,27). The molecule has 2 N–H and O–H groups in total. The Bertz CT molecular complexity index is 755. The molecule has 2 amide bonds. The second-order valence-electron chi connectivity index (χ2n) is 6.74. The lowest BCUT2D eigenvalue weighted by molar-refractivity contribution is -0.151. The molecule has 0 bridgehead atoms. The molecule has 9 heteroatoms. The van der Waals surface area contributed by atoms with E-state index in [4.69, 9.17) is 0 Å². The number of alkyl halides is 3. The number of rotatable bonds is 4. The number of carboxylic acids is 1. The third-order valence-electron chi connectivity index (χ3n) is 4.85. The third kappa shape index (κ3) is 4.40. The number of nitrogens with one attached hydrogen (secondary N) is 1. The molecule has 148 valence electrons.